The number of primary amides is 1. The number of guanidine groups is 1. The van der Waals surface area contributed by atoms with Crippen molar-refractivity contribution in [3.8, 4) is 0 Å². The number of nitrogens with two attached hydrogens (primary N) is 1. The van der Waals surface area contributed by atoms with E-state index in [9.17, 15) is 9.18 Å². The standard InChI is InChI=1S/C18H29FN4OS.HI/c1-3-21-18(22-10-4-5-11-25-2)23-13-15(17(20)24)12-14-6-8-16(19)9-7-14;/h6-9,15H,3-5,10-13H2,1-2H3,(H2,20,24)(H2,21,22,23);1H. The molecule has 0 aromatic heterocycles. The highest BCUT2D eigenvalue weighted by molar-refractivity contribution is 14.0. The Hall–Kier alpha value is -1.03. The smallest absolute Gasteiger partial charge is 0.222 e. The van der Waals surface area contributed by atoms with Gasteiger partial charge in [-0.2, -0.15) is 11.8 Å². The predicted molar refractivity (Wildman–Crippen MR) is 120 cm³/mol. The van der Waals surface area contributed by atoms with Crippen LogP contribution in [0.3, 0.4) is 0 Å². The fraction of sp³-hybridized carbons (Fsp3) is 0.556. The van der Waals surface area contributed by atoms with Crippen molar-refractivity contribution >= 4 is 47.6 Å². The summed E-state index contributed by atoms with van der Waals surface area (Å²) < 4.78 is 13.0. The van der Waals surface area contributed by atoms with E-state index in [-0.39, 0.29) is 29.8 Å². The van der Waals surface area contributed by atoms with Gasteiger partial charge < -0.3 is 16.4 Å². The second-order valence-electron chi connectivity index (χ2n) is 5.78. The van der Waals surface area contributed by atoms with E-state index in [1.807, 2.05) is 18.7 Å². The van der Waals surface area contributed by atoms with Gasteiger partial charge in [0.2, 0.25) is 5.91 Å². The third-order valence-corrected chi connectivity index (χ3v) is 4.38. The normalized spacial score (nSPS) is 12.2. The van der Waals surface area contributed by atoms with Crippen molar-refractivity contribution in [3.63, 3.8) is 0 Å². The van der Waals surface area contributed by atoms with E-state index < -0.39 is 11.8 Å². The number of carbonyl (C=O) groups excluding carboxylic acids is 1. The molecule has 1 amide bonds. The summed E-state index contributed by atoms with van der Waals surface area (Å²) in [5.74, 6) is 0.729. The Bertz CT molecular complexity index is 542. The van der Waals surface area contributed by atoms with Crippen LogP contribution in [0.15, 0.2) is 29.3 Å². The third kappa shape index (κ3) is 10.8. The van der Waals surface area contributed by atoms with Gasteiger partial charge >= 0.3 is 0 Å². The SMILES string of the molecule is CCNC(=NCC(Cc1ccc(F)cc1)C(N)=O)NCCCCSC.I. The van der Waals surface area contributed by atoms with Crippen LogP contribution in [0.25, 0.3) is 0 Å². The Labute approximate surface area is 177 Å². The highest BCUT2D eigenvalue weighted by Crippen LogP contribution is 2.10. The fourth-order valence-corrected chi connectivity index (χ4v) is 2.77. The van der Waals surface area contributed by atoms with Crippen LogP contribution in [-0.4, -0.2) is 43.5 Å². The molecule has 1 rings (SSSR count). The number of benzene rings is 1. The van der Waals surface area contributed by atoms with Gasteiger partial charge in [0.15, 0.2) is 5.96 Å². The van der Waals surface area contributed by atoms with Crippen molar-refractivity contribution in [1.29, 1.82) is 0 Å². The minimum atomic E-state index is -0.419. The maximum atomic E-state index is 13.0. The molecule has 0 aliphatic carbocycles. The molecule has 0 fully saturated rings. The van der Waals surface area contributed by atoms with Crippen molar-refractivity contribution in [2.45, 2.75) is 26.2 Å². The zero-order valence-corrected chi connectivity index (χ0v) is 18.6. The largest absolute Gasteiger partial charge is 0.369 e. The number of halogens is 2. The van der Waals surface area contributed by atoms with E-state index in [4.69, 9.17) is 5.73 Å². The first-order valence-electron chi connectivity index (χ1n) is 8.61. The molecule has 0 spiro atoms. The van der Waals surface area contributed by atoms with E-state index in [1.54, 1.807) is 12.1 Å². The van der Waals surface area contributed by atoms with Gasteiger partial charge in [0.05, 0.1) is 12.5 Å². The summed E-state index contributed by atoms with van der Waals surface area (Å²) >= 11 is 1.84. The number of carbonyl (C=O) groups is 1. The summed E-state index contributed by atoms with van der Waals surface area (Å²) in [5, 5.41) is 6.44. The molecule has 1 aromatic carbocycles. The molecule has 0 aliphatic rings. The fourth-order valence-electron chi connectivity index (χ4n) is 2.28. The van der Waals surface area contributed by atoms with Gasteiger partial charge in [0, 0.05) is 13.1 Å². The van der Waals surface area contributed by atoms with Crippen LogP contribution in [-0.2, 0) is 11.2 Å². The van der Waals surface area contributed by atoms with Gasteiger partial charge in [-0.1, -0.05) is 12.1 Å². The summed E-state index contributed by atoms with van der Waals surface area (Å²) in [7, 11) is 0. The molecule has 8 heteroatoms. The van der Waals surface area contributed by atoms with Gasteiger partial charge in [-0.05, 0) is 55.9 Å². The van der Waals surface area contributed by atoms with Crippen LogP contribution in [0.2, 0.25) is 0 Å². The van der Waals surface area contributed by atoms with Gasteiger partial charge in [-0.3, -0.25) is 9.79 Å². The van der Waals surface area contributed by atoms with Crippen LogP contribution >= 0.6 is 35.7 Å². The second-order valence-corrected chi connectivity index (χ2v) is 6.76. The van der Waals surface area contributed by atoms with Gasteiger partial charge in [0.25, 0.3) is 0 Å². The molecular formula is C18H30FIN4OS. The average molecular weight is 496 g/mol. The Morgan fingerprint density at radius 1 is 1.27 bits per heavy atom. The minimum absolute atomic E-state index is 0. The first-order valence-corrected chi connectivity index (χ1v) is 10.0. The van der Waals surface area contributed by atoms with Gasteiger partial charge in [-0.25, -0.2) is 4.39 Å². The van der Waals surface area contributed by atoms with Crippen LogP contribution in [0, 0.1) is 11.7 Å². The molecule has 0 saturated heterocycles. The highest BCUT2D eigenvalue weighted by Gasteiger charge is 2.16. The molecule has 148 valence electrons. The third-order valence-electron chi connectivity index (χ3n) is 3.68. The topological polar surface area (TPSA) is 79.5 Å². The predicted octanol–water partition coefficient (Wildman–Crippen LogP) is 2.79. The molecule has 26 heavy (non-hydrogen) atoms. The van der Waals surface area contributed by atoms with Crippen molar-refractivity contribution in [2.75, 3.05) is 31.6 Å². The van der Waals surface area contributed by atoms with Gasteiger partial charge in [0.1, 0.15) is 5.82 Å². The van der Waals surface area contributed by atoms with Crippen molar-refractivity contribution in [3.05, 3.63) is 35.6 Å². The monoisotopic (exact) mass is 496 g/mol. The quantitative estimate of drug-likeness (QED) is 0.191. The molecule has 1 unspecified atom stereocenters. The number of unbranched alkanes of at least 4 members (excludes halogenated alkanes) is 1. The number of nitrogens with zero attached hydrogens (tertiary/aromatic N) is 1. The summed E-state index contributed by atoms with van der Waals surface area (Å²) in [6.07, 6.45) is 4.78. The summed E-state index contributed by atoms with van der Waals surface area (Å²) in [4.78, 5) is 16.2. The van der Waals surface area contributed by atoms with Crippen molar-refractivity contribution in [2.24, 2.45) is 16.6 Å². The molecule has 1 aromatic rings. The van der Waals surface area contributed by atoms with Crippen molar-refractivity contribution in [1.82, 2.24) is 10.6 Å². The number of aliphatic imine (C=N–C) groups is 1. The van der Waals surface area contributed by atoms with E-state index in [2.05, 4.69) is 21.9 Å². The molecule has 0 heterocycles. The lowest BCUT2D eigenvalue weighted by molar-refractivity contribution is -0.121. The lowest BCUT2D eigenvalue weighted by Gasteiger charge is -2.14. The second kappa shape index (κ2) is 15.1. The highest BCUT2D eigenvalue weighted by atomic mass is 127. The number of rotatable bonds is 11. The summed E-state index contributed by atoms with van der Waals surface area (Å²) in [6.45, 7) is 3.88. The minimum Gasteiger partial charge on any atom is -0.369 e. The Balaban J connectivity index is 0.00000625. The van der Waals surface area contributed by atoms with E-state index in [0.29, 0.717) is 18.9 Å². The van der Waals surface area contributed by atoms with Crippen LogP contribution in [0.4, 0.5) is 4.39 Å². The maximum Gasteiger partial charge on any atom is 0.222 e. The maximum absolute atomic E-state index is 13.0. The van der Waals surface area contributed by atoms with E-state index in [1.165, 1.54) is 12.1 Å². The number of thioether (sulfide) groups is 1. The molecular weight excluding hydrogens is 466 g/mol. The summed E-state index contributed by atoms with van der Waals surface area (Å²) in [6, 6.07) is 6.11. The van der Waals surface area contributed by atoms with Crippen LogP contribution in [0.5, 0.6) is 0 Å². The number of amides is 1. The molecule has 4 N–H and O–H groups in total. The zero-order chi connectivity index (χ0) is 18.5. The molecule has 1 atom stereocenters. The molecule has 5 nitrogen and oxygen atoms in total. The number of nitrogens with one attached hydrogen (secondary N) is 2. The molecule has 0 radical (unpaired) electrons. The average Bonchev–Trinajstić information content (AvgIpc) is 2.59. The lowest BCUT2D eigenvalue weighted by Crippen LogP contribution is -2.39. The Morgan fingerprint density at radius 3 is 2.54 bits per heavy atom. The Morgan fingerprint density at radius 2 is 1.96 bits per heavy atom. The van der Waals surface area contributed by atoms with Crippen molar-refractivity contribution < 1.29 is 9.18 Å². The molecule has 0 bridgehead atoms. The molecule has 0 saturated carbocycles. The zero-order valence-electron chi connectivity index (χ0n) is 15.5. The number of hydrogen-bond donors (Lipinski definition) is 3. The van der Waals surface area contributed by atoms with E-state index in [0.717, 1.165) is 37.2 Å². The lowest BCUT2D eigenvalue weighted by atomic mass is 9.99. The Kier molecular flexibility index (Phi) is 14.5. The van der Waals surface area contributed by atoms with E-state index >= 15 is 0 Å². The van der Waals surface area contributed by atoms with Gasteiger partial charge in [-0.15, -0.1) is 24.0 Å². The van der Waals surface area contributed by atoms with Crippen LogP contribution < -0.4 is 16.4 Å². The molecule has 0 aliphatic heterocycles. The first-order chi connectivity index (χ1) is 12.1. The number of hydrogen-bond acceptors (Lipinski definition) is 3. The summed E-state index contributed by atoms with van der Waals surface area (Å²) in [5.41, 5.74) is 6.37. The van der Waals surface area contributed by atoms with Crippen LogP contribution in [0.1, 0.15) is 25.3 Å². The first kappa shape index (κ1) is 25.0.